The van der Waals surface area contributed by atoms with Crippen molar-refractivity contribution < 1.29 is 9.59 Å². The van der Waals surface area contributed by atoms with Crippen LogP contribution in [0.1, 0.15) is 20.3 Å². The van der Waals surface area contributed by atoms with Crippen LogP contribution in [0.15, 0.2) is 0 Å². The fourth-order valence-corrected chi connectivity index (χ4v) is 1.83. The Morgan fingerprint density at radius 3 is 2.71 bits per heavy atom. The molecule has 0 aliphatic carbocycles. The zero-order valence-corrected chi connectivity index (χ0v) is 8.20. The zero-order valence-electron chi connectivity index (χ0n) is 8.20. The lowest BCUT2D eigenvalue weighted by molar-refractivity contribution is 0.169. The molecule has 6 nitrogen and oxygen atoms in total. The van der Waals surface area contributed by atoms with E-state index < -0.39 is 0 Å². The van der Waals surface area contributed by atoms with Crippen LogP contribution in [0.5, 0.6) is 0 Å². The lowest BCUT2D eigenvalue weighted by atomic mass is 10.2. The van der Waals surface area contributed by atoms with Crippen molar-refractivity contribution in [2.24, 2.45) is 0 Å². The predicted octanol–water partition coefficient (Wildman–Crippen LogP) is -0.225. The highest BCUT2D eigenvalue weighted by Gasteiger charge is 2.46. The van der Waals surface area contributed by atoms with Crippen molar-refractivity contribution in [2.75, 3.05) is 0 Å². The molecule has 0 unspecified atom stereocenters. The smallest absolute Gasteiger partial charge is 0.314 e. The zero-order chi connectivity index (χ0) is 10.3. The summed E-state index contributed by atoms with van der Waals surface area (Å²) in [5.41, 5.74) is 0. The number of urea groups is 2. The summed E-state index contributed by atoms with van der Waals surface area (Å²) in [5, 5.41) is 8.04. The van der Waals surface area contributed by atoms with E-state index >= 15 is 0 Å². The van der Waals surface area contributed by atoms with Gasteiger partial charge in [0.2, 0.25) is 0 Å². The third kappa shape index (κ3) is 1.18. The molecular weight excluding hydrogens is 184 g/mol. The molecule has 0 radical (unpaired) electrons. The molecule has 2 aliphatic heterocycles. The first-order valence-electron chi connectivity index (χ1n) is 4.79. The van der Waals surface area contributed by atoms with Gasteiger partial charge in [-0.15, -0.1) is 0 Å². The molecule has 2 aliphatic rings. The Balaban J connectivity index is 2.16. The topological polar surface area (TPSA) is 73.5 Å². The van der Waals surface area contributed by atoms with Crippen molar-refractivity contribution in [3.05, 3.63) is 0 Å². The minimum absolute atomic E-state index is 0.123. The van der Waals surface area contributed by atoms with E-state index in [0.29, 0.717) is 0 Å². The van der Waals surface area contributed by atoms with Gasteiger partial charge >= 0.3 is 12.1 Å². The van der Waals surface area contributed by atoms with Gasteiger partial charge in [0, 0.05) is 6.04 Å². The lowest BCUT2D eigenvalue weighted by Gasteiger charge is -2.26. The second kappa shape index (κ2) is 3.04. The van der Waals surface area contributed by atoms with Crippen molar-refractivity contribution in [3.8, 4) is 0 Å². The maximum atomic E-state index is 11.5. The number of carbonyl (C=O) groups is 2. The largest absolute Gasteiger partial charge is 0.321 e. The van der Waals surface area contributed by atoms with Gasteiger partial charge in [0.25, 0.3) is 0 Å². The van der Waals surface area contributed by atoms with Crippen LogP contribution in [-0.4, -0.2) is 35.3 Å². The van der Waals surface area contributed by atoms with E-state index in [2.05, 4.69) is 16.0 Å². The van der Waals surface area contributed by atoms with Gasteiger partial charge in [0.15, 0.2) is 0 Å². The average Bonchev–Trinajstić information content (AvgIpc) is 2.58. The van der Waals surface area contributed by atoms with E-state index in [-0.39, 0.29) is 30.4 Å². The van der Waals surface area contributed by atoms with Gasteiger partial charge in [-0.3, -0.25) is 4.90 Å². The van der Waals surface area contributed by atoms with Crippen molar-refractivity contribution in [2.45, 2.75) is 38.6 Å². The maximum absolute atomic E-state index is 11.5. The molecule has 4 amide bonds. The van der Waals surface area contributed by atoms with Crippen molar-refractivity contribution in [1.82, 2.24) is 20.9 Å². The van der Waals surface area contributed by atoms with Gasteiger partial charge < -0.3 is 16.0 Å². The molecule has 0 aromatic carbocycles. The summed E-state index contributed by atoms with van der Waals surface area (Å²) >= 11 is 0. The molecule has 3 N–H and O–H groups in total. The molecule has 2 saturated heterocycles. The molecule has 2 heterocycles. The highest BCUT2D eigenvalue weighted by atomic mass is 16.2. The lowest BCUT2D eigenvalue weighted by Crippen LogP contribution is -2.47. The van der Waals surface area contributed by atoms with Gasteiger partial charge in [-0.1, -0.05) is 6.92 Å². The van der Waals surface area contributed by atoms with E-state index in [4.69, 9.17) is 0 Å². The minimum atomic E-state index is -0.288. The molecule has 0 aromatic rings. The number of nitrogens with zero attached hydrogens (tertiary/aromatic N) is 1. The molecule has 0 spiro atoms. The van der Waals surface area contributed by atoms with Crippen molar-refractivity contribution >= 4 is 12.1 Å². The fourth-order valence-electron chi connectivity index (χ4n) is 1.83. The highest BCUT2D eigenvalue weighted by molar-refractivity contribution is 5.84. The Morgan fingerprint density at radius 2 is 2.07 bits per heavy atom. The number of hydrogen-bond donors (Lipinski definition) is 3. The molecule has 14 heavy (non-hydrogen) atoms. The monoisotopic (exact) mass is 198 g/mol. The quantitative estimate of drug-likeness (QED) is 0.573. The van der Waals surface area contributed by atoms with Gasteiger partial charge in [-0.05, 0) is 13.3 Å². The Hall–Kier alpha value is -1.46. The number of hydrogen-bond acceptors (Lipinski definition) is 2. The molecular formula is C8H14N4O2. The minimum Gasteiger partial charge on any atom is -0.314 e. The van der Waals surface area contributed by atoms with Gasteiger partial charge in [0.05, 0.1) is 0 Å². The first-order valence-corrected chi connectivity index (χ1v) is 4.79. The molecule has 2 rings (SSSR count). The number of amides is 4. The summed E-state index contributed by atoms with van der Waals surface area (Å²) in [6.07, 6.45) is 0.334. The second-order valence-corrected chi connectivity index (χ2v) is 3.65. The number of fused-ring (bicyclic) bond motifs is 1. The Bertz CT molecular complexity index is 281. The molecule has 0 saturated carbocycles. The summed E-state index contributed by atoms with van der Waals surface area (Å²) < 4.78 is 0. The first-order chi connectivity index (χ1) is 6.63. The van der Waals surface area contributed by atoms with Crippen LogP contribution in [0, 0.1) is 0 Å². The molecule has 6 heteroatoms. The van der Waals surface area contributed by atoms with E-state index in [1.165, 1.54) is 0 Å². The van der Waals surface area contributed by atoms with Gasteiger partial charge in [0.1, 0.15) is 12.3 Å². The fraction of sp³-hybridized carbons (Fsp3) is 0.750. The molecule has 0 aromatic heterocycles. The summed E-state index contributed by atoms with van der Waals surface area (Å²) in [6.45, 7) is 3.97. The maximum Gasteiger partial charge on any atom is 0.321 e. The Morgan fingerprint density at radius 1 is 1.36 bits per heavy atom. The van der Waals surface area contributed by atoms with Crippen LogP contribution in [0.2, 0.25) is 0 Å². The third-order valence-electron chi connectivity index (χ3n) is 2.76. The van der Waals surface area contributed by atoms with Crippen molar-refractivity contribution in [1.29, 1.82) is 0 Å². The normalized spacial score (nSPS) is 32.0. The van der Waals surface area contributed by atoms with Gasteiger partial charge in [-0.25, -0.2) is 9.59 Å². The molecule has 78 valence electrons. The van der Waals surface area contributed by atoms with Gasteiger partial charge in [-0.2, -0.15) is 0 Å². The van der Waals surface area contributed by atoms with E-state index in [1.807, 2.05) is 13.8 Å². The second-order valence-electron chi connectivity index (χ2n) is 3.65. The molecule has 3 atom stereocenters. The van der Waals surface area contributed by atoms with Crippen LogP contribution >= 0.6 is 0 Å². The Labute approximate surface area is 82.0 Å². The molecule has 2 fully saturated rings. The van der Waals surface area contributed by atoms with Crippen molar-refractivity contribution in [3.63, 3.8) is 0 Å². The summed E-state index contributed by atoms with van der Waals surface area (Å²) in [5.74, 6) is 0. The van der Waals surface area contributed by atoms with E-state index in [9.17, 15) is 9.59 Å². The van der Waals surface area contributed by atoms with E-state index in [0.717, 1.165) is 6.42 Å². The van der Waals surface area contributed by atoms with Crippen LogP contribution in [0.25, 0.3) is 0 Å². The standard InChI is InChI=1S/C8H14N4O2/c1-3-4(2)12-6-5(10-8(12)14)9-7(13)11-6/h4-6H,3H2,1-2H3,(H,10,14)(H2,9,11,13)/t4-,5+,6-/m0/s1. The Kier molecular flexibility index (Phi) is 1.98. The summed E-state index contributed by atoms with van der Waals surface area (Å²) in [4.78, 5) is 24.2. The SMILES string of the molecule is CC[C@H](C)N1C(=O)N[C@H]2NC(=O)N[C@H]21. The number of carbonyl (C=O) groups excluding carboxylic acids is 2. The third-order valence-corrected chi connectivity index (χ3v) is 2.76. The molecule has 0 bridgehead atoms. The first kappa shape index (κ1) is 9.11. The number of rotatable bonds is 2. The van der Waals surface area contributed by atoms with E-state index in [1.54, 1.807) is 4.90 Å². The van der Waals surface area contributed by atoms with Crippen LogP contribution in [0.4, 0.5) is 9.59 Å². The van der Waals surface area contributed by atoms with Crippen LogP contribution in [0.3, 0.4) is 0 Å². The summed E-state index contributed by atoms with van der Waals surface area (Å²) in [7, 11) is 0. The average molecular weight is 198 g/mol. The predicted molar refractivity (Wildman–Crippen MR) is 49.4 cm³/mol. The highest BCUT2D eigenvalue weighted by Crippen LogP contribution is 2.18. The van der Waals surface area contributed by atoms with Crippen LogP contribution in [-0.2, 0) is 0 Å². The van der Waals surface area contributed by atoms with Crippen LogP contribution < -0.4 is 16.0 Å². The summed E-state index contributed by atoms with van der Waals surface area (Å²) in [6, 6.07) is -0.222. The number of nitrogens with one attached hydrogen (secondary N) is 3.